The Morgan fingerprint density at radius 3 is 2.76 bits per heavy atom. The van der Waals surface area contributed by atoms with Crippen molar-refractivity contribution in [2.75, 3.05) is 7.05 Å². The molecule has 2 aromatic rings. The highest BCUT2D eigenvalue weighted by molar-refractivity contribution is 5.77. The summed E-state index contributed by atoms with van der Waals surface area (Å²) in [5.74, 6) is 2.39. The molecule has 0 radical (unpaired) electrons. The van der Waals surface area contributed by atoms with Crippen molar-refractivity contribution in [1.29, 1.82) is 0 Å². The molecule has 0 saturated heterocycles. The van der Waals surface area contributed by atoms with Crippen LogP contribution >= 0.6 is 0 Å². The van der Waals surface area contributed by atoms with E-state index in [1.165, 1.54) is 18.2 Å². The molecule has 3 atom stereocenters. The van der Waals surface area contributed by atoms with Crippen LogP contribution in [0.25, 0.3) is 11.0 Å². The molecule has 0 spiro atoms. The van der Waals surface area contributed by atoms with Crippen LogP contribution in [-0.4, -0.2) is 13.1 Å². The van der Waals surface area contributed by atoms with E-state index in [1.54, 1.807) is 0 Å². The number of benzene rings is 1. The molecule has 17 heavy (non-hydrogen) atoms. The molecule has 1 aromatic carbocycles. The molecule has 3 unspecified atom stereocenters. The highest BCUT2D eigenvalue weighted by atomic mass is 16.3. The Hall–Kier alpha value is -1.28. The number of fused-ring (bicyclic) bond motifs is 1. The zero-order valence-corrected chi connectivity index (χ0v) is 10.4. The van der Waals surface area contributed by atoms with Gasteiger partial charge in [0.25, 0.3) is 0 Å². The maximum absolute atomic E-state index is 5.99. The molecule has 1 saturated carbocycles. The number of hydrogen-bond acceptors (Lipinski definition) is 2. The number of nitrogens with one attached hydrogen (secondary N) is 1. The highest BCUT2D eigenvalue weighted by Gasteiger charge is 2.34. The first kappa shape index (κ1) is 10.8. The first-order valence-corrected chi connectivity index (χ1v) is 6.45. The molecule has 3 rings (SSSR count). The molecule has 1 aromatic heterocycles. The van der Waals surface area contributed by atoms with Crippen molar-refractivity contribution in [2.45, 2.75) is 31.7 Å². The Kier molecular flexibility index (Phi) is 2.67. The fourth-order valence-corrected chi connectivity index (χ4v) is 3.16. The van der Waals surface area contributed by atoms with Gasteiger partial charge < -0.3 is 9.73 Å². The first-order valence-electron chi connectivity index (χ1n) is 6.45. The molecule has 2 heteroatoms. The van der Waals surface area contributed by atoms with Crippen LogP contribution in [0.15, 0.2) is 34.7 Å². The molecule has 0 amide bonds. The van der Waals surface area contributed by atoms with Crippen LogP contribution in [0.5, 0.6) is 0 Å². The van der Waals surface area contributed by atoms with Gasteiger partial charge in [-0.15, -0.1) is 0 Å². The number of furan rings is 1. The zero-order chi connectivity index (χ0) is 11.8. The fourth-order valence-electron chi connectivity index (χ4n) is 3.16. The molecular weight excluding hydrogens is 210 g/mol. The van der Waals surface area contributed by atoms with Gasteiger partial charge in [0.2, 0.25) is 0 Å². The van der Waals surface area contributed by atoms with Crippen LogP contribution in [0, 0.1) is 5.92 Å². The third kappa shape index (κ3) is 1.77. The third-order valence-corrected chi connectivity index (χ3v) is 4.24. The Morgan fingerprint density at radius 1 is 1.24 bits per heavy atom. The van der Waals surface area contributed by atoms with Crippen LogP contribution in [0.4, 0.5) is 0 Å². The Labute approximate surface area is 102 Å². The summed E-state index contributed by atoms with van der Waals surface area (Å²) in [5, 5.41) is 4.63. The summed E-state index contributed by atoms with van der Waals surface area (Å²) in [4.78, 5) is 0. The summed E-state index contributed by atoms with van der Waals surface area (Å²) in [6, 6.07) is 11.1. The molecular formula is C15H19NO. The number of para-hydroxylation sites is 1. The summed E-state index contributed by atoms with van der Waals surface area (Å²) in [5.41, 5.74) is 1.02. The van der Waals surface area contributed by atoms with E-state index in [0.29, 0.717) is 17.9 Å². The van der Waals surface area contributed by atoms with E-state index in [1.807, 2.05) is 12.1 Å². The Bertz CT molecular complexity index is 483. The molecule has 2 nitrogen and oxygen atoms in total. The van der Waals surface area contributed by atoms with Gasteiger partial charge in [0.15, 0.2) is 0 Å². The average Bonchev–Trinajstić information content (AvgIpc) is 2.91. The minimum absolute atomic E-state index is 0.569. The SMILES string of the molecule is CNC1CCC(c2cc3ccccc3o2)C1C. The normalized spacial score (nSPS) is 28.9. The van der Waals surface area contributed by atoms with E-state index in [9.17, 15) is 0 Å². The van der Waals surface area contributed by atoms with E-state index in [0.717, 1.165) is 11.3 Å². The zero-order valence-electron chi connectivity index (χ0n) is 10.4. The molecule has 1 heterocycles. The number of hydrogen-bond donors (Lipinski definition) is 1. The topological polar surface area (TPSA) is 25.2 Å². The summed E-state index contributed by atoms with van der Waals surface area (Å²) in [7, 11) is 2.06. The van der Waals surface area contributed by atoms with Gasteiger partial charge in [0.1, 0.15) is 11.3 Å². The van der Waals surface area contributed by atoms with E-state index in [4.69, 9.17) is 4.42 Å². The average molecular weight is 229 g/mol. The van der Waals surface area contributed by atoms with Crippen LogP contribution in [0.1, 0.15) is 31.4 Å². The van der Waals surface area contributed by atoms with E-state index in [2.05, 4.69) is 37.5 Å². The fraction of sp³-hybridized carbons (Fsp3) is 0.467. The van der Waals surface area contributed by atoms with Crippen molar-refractivity contribution in [1.82, 2.24) is 5.32 Å². The van der Waals surface area contributed by atoms with E-state index >= 15 is 0 Å². The summed E-state index contributed by atoms with van der Waals surface area (Å²) < 4.78 is 5.99. The van der Waals surface area contributed by atoms with Crippen LogP contribution < -0.4 is 5.32 Å². The highest BCUT2D eigenvalue weighted by Crippen LogP contribution is 2.41. The Morgan fingerprint density at radius 2 is 2.06 bits per heavy atom. The predicted molar refractivity (Wildman–Crippen MR) is 70.2 cm³/mol. The van der Waals surface area contributed by atoms with Crippen molar-refractivity contribution < 1.29 is 4.42 Å². The van der Waals surface area contributed by atoms with Gasteiger partial charge in [-0.2, -0.15) is 0 Å². The summed E-state index contributed by atoms with van der Waals surface area (Å²) >= 11 is 0. The van der Waals surface area contributed by atoms with Gasteiger partial charge in [-0.05, 0) is 37.9 Å². The van der Waals surface area contributed by atoms with Gasteiger partial charge >= 0.3 is 0 Å². The second-order valence-electron chi connectivity index (χ2n) is 5.12. The maximum atomic E-state index is 5.99. The van der Waals surface area contributed by atoms with Crippen LogP contribution in [0.3, 0.4) is 0 Å². The van der Waals surface area contributed by atoms with Crippen molar-refractivity contribution in [2.24, 2.45) is 5.92 Å². The van der Waals surface area contributed by atoms with Crippen molar-refractivity contribution in [3.63, 3.8) is 0 Å². The lowest BCUT2D eigenvalue weighted by Gasteiger charge is -2.18. The van der Waals surface area contributed by atoms with Gasteiger partial charge in [-0.25, -0.2) is 0 Å². The van der Waals surface area contributed by atoms with Crippen LogP contribution in [0.2, 0.25) is 0 Å². The first-order chi connectivity index (χ1) is 8.29. The smallest absolute Gasteiger partial charge is 0.134 e. The second kappa shape index (κ2) is 4.19. The lowest BCUT2D eigenvalue weighted by molar-refractivity contribution is 0.387. The molecule has 0 bridgehead atoms. The van der Waals surface area contributed by atoms with Crippen molar-refractivity contribution >= 4 is 11.0 Å². The van der Waals surface area contributed by atoms with Crippen molar-refractivity contribution in [3.05, 3.63) is 36.1 Å². The molecule has 1 aliphatic rings. The second-order valence-corrected chi connectivity index (χ2v) is 5.12. The van der Waals surface area contributed by atoms with Crippen molar-refractivity contribution in [3.8, 4) is 0 Å². The summed E-state index contributed by atoms with van der Waals surface area (Å²) in [6.45, 7) is 2.33. The Balaban J connectivity index is 1.94. The van der Waals surface area contributed by atoms with E-state index in [-0.39, 0.29) is 0 Å². The lowest BCUT2D eigenvalue weighted by Crippen LogP contribution is -2.28. The van der Waals surface area contributed by atoms with Gasteiger partial charge in [0, 0.05) is 17.3 Å². The molecule has 0 aliphatic heterocycles. The largest absolute Gasteiger partial charge is 0.461 e. The number of rotatable bonds is 2. The minimum atomic E-state index is 0.569. The van der Waals surface area contributed by atoms with Gasteiger partial charge in [-0.1, -0.05) is 25.1 Å². The predicted octanol–water partition coefficient (Wildman–Crippen LogP) is 3.53. The monoisotopic (exact) mass is 229 g/mol. The quantitative estimate of drug-likeness (QED) is 0.852. The van der Waals surface area contributed by atoms with E-state index < -0.39 is 0 Å². The van der Waals surface area contributed by atoms with Crippen LogP contribution in [-0.2, 0) is 0 Å². The molecule has 1 N–H and O–H groups in total. The standard InChI is InChI=1S/C15H19NO/c1-10-12(7-8-13(10)16-2)15-9-11-5-3-4-6-14(11)17-15/h3-6,9-10,12-13,16H,7-8H2,1-2H3. The van der Waals surface area contributed by atoms with Gasteiger partial charge in [-0.3, -0.25) is 0 Å². The summed E-state index contributed by atoms with van der Waals surface area (Å²) in [6.07, 6.45) is 2.48. The molecule has 90 valence electrons. The lowest BCUT2D eigenvalue weighted by atomic mass is 9.93. The van der Waals surface area contributed by atoms with Gasteiger partial charge in [0.05, 0.1) is 0 Å². The molecule has 1 fully saturated rings. The minimum Gasteiger partial charge on any atom is -0.461 e. The maximum Gasteiger partial charge on any atom is 0.134 e. The third-order valence-electron chi connectivity index (χ3n) is 4.24. The molecule has 1 aliphatic carbocycles.